The molecule has 2 rings (SSSR count). The molecule has 0 aliphatic rings. The molecule has 12 heavy (non-hydrogen) atoms. The van der Waals surface area contributed by atoms with Gasteiger partial charge in [0, 0.05) is 5.56 Å². The number of benzene rings is 1. The van der Waals surface area contributed by atoms with Crippen LogP contribution in [0.15, 0.2) is 24.3 Å². The van der Waals surface area contributed by atoms with Crippen molar-refractivity contribution in [3.05, 3.63) is 30.3 Å². The molecule has 0 spiro atoms. The Morgan fingerprint density at radius 3 is 2.67 bits per heavy atom. The fourth-order valence-electron chi connectivity index (χ4n) is 0.877. The van der Waals surface area contributed by atoms with Gasteiger partial charge in [-0.1, -0.05) is 33.7 Å². The van der Waals surface area contributed by atoms with E-state index in [2.05, 4.69) is 21.6 Å². The van der Waals surface area contributed by atoms with Crippen LogP contribution in [0.25, 0.3) is 11.4 Å². The highest BCUT2D eigenvalue weighted by Crippen LogP contribution is 2.13. The Hall–Kier alpha value is -1.78. The van der Waals surface area contributed by atoms with E-state index >= 15 is 0 Å². The number of aromatic nitrogens is 4. The van der Waals surface area contributed by atoms with Gasteiger partial charge in [-0.15, -0.1) is 5.10 Å². The molecule has 5 heteroatoms. The fourth-order valence-corrected chi connectivity index (χ4v) is 0.877. The van der Waals surface area contributed by atoms with Gasteiger partial charge in [0.1, 0.15) is 0 Å². The average molecular weight is 163 g/mol. The Kier molecular flexibility index (Phi) is 1.55. The maximum atomic E-state index is 12.7. The van der Waals surface area contributed by atoms with Crippen molar-refractivity contribution in [1.29, 1.82) is 0 Å². The van der Waals surface area contributed by atoms with Gasteiger partial charge in [-0.25, -0.2) is 0 Å². The second-order valence-electron chi connectivity index (χ2n) is 2.15. The molecule has 1 aromatic carbocycles. The molecule has 0 aliphatic carbocycles. The Bertz CT molecular complexity index is 370. The summed E-state index contributed by atoms with van der Waals surface area (Å²) in [6.07, 6.45) is 0. The lowest BCUT2D eigenvalue weighted by Gasteiger charge is -1.92. The summed E-state index contributed by atoms with van der Waals surface area (Å²) in [5.41, 5.74) is 0.626. The highest BCUT2D eigenvalue weighted by molar-refractivity contribution is 5.53. The molecule has 0 saturated heterocycles. The lowest BCUT2D eigenvalue weighted by molar-refractivity contribution is 0.311. The van der Waals surface area contributed by atoms with E-state index in [4.69, 9.17) is 0 Å². The van der Waals surface area contributed by atoms with Crippen molar-refractivity contribution >= 4 is 0 Å². The van der Waals surface area contributed by atoms with E-state index in [1.807, 2.05) is 0 Å². The van der Waals surface area contributed by atoms with Crippen LogP contribution in [-0.2, 0) is 0 Å². The summed E-state index contributed by atoms with van der Waals surface area (Å²) in [7, 11) is 0. The van der Waals surface area contributed by atoms with Crippen LogP contribution in [0.2, 0.25) is 0 Å². The minimum Gasteiger partial charge on any atom is -0.105 e. The summed E-state index contributed by atoms with van der Waals surface area (Å²) in [5, 5.41) is 9.75. The van der Waals surface area contributed by atoms with Gasteiger partial charge in [0.25, 0.3) is 0 Å². The lowest BCUT2D eigenvalue weighted by Crippen LogP contribution is -1.88. The number of hydrogen-bond acceptors (Lipinski definition) is 3. The zero-order valence-corrected chi connectivity index (χ0v) is 5.98. The standard InChI is InChI=1S/C7H4FN4/c8-12-7(9-10-11-12)6-4-2-1-3-5-6/h2-5H. The van der Waals surface area contributed by atoms with Crippen LogP contribution in [0.1, 0.15) is 0 Å². The smallest absolute Gasteiger partial charge is 0.105 e. The van der Waals surface area contributed by atoms with Crippen molar-refractivity contribution in [2.45, 2.75) is 0 Å². The summed E-state index contributed by atoms with van der Waals surface area (Å²) in [5.74, 6) is 0.101. The third-order valence-corrected chi connectivity index (χ3v) is 1.41. The molecular weight excluding hydrogens is 159 g/mol. The first-order chi connectivity index (χ1) is 5.88. The Labute approximate surface area is 67.6 Å². The minimum atomic E-state index is 0.101. The molecule has 0 atom stereocenters. The number of rotatable bonds is 1. The SMILES string of the molecule is Fn1nnnc1-c1cc[c]cc1. The quantitative estimate of drug-likeness (QED) is 0.626. The first-order valence-electron chi connectivity index (χ1n) is 3.29. The predicted molar refractivity (Wildman–Crippen MR) is 38.6 cm³/mol. The Morgan fingerprint density at radius 1 is 1.33 bits per heavy atom. The third kappa shape index (κ3) is 1.05. The van der Waals surface area contributed by atoms with Crippen LogP contribution in [0.5, 0.6) is 0 Å². The molecule has 59 valence electrons. The molecule has 1 radical (unpaired) electrons. The maximum Gasteiger partial charge on any atom is 0.216 e. The van der Waals surface area contributed by atoms with Gasteiger partial charge in [-0.05, 0) is 16.5 Å². The van der Waals surface area contributed by atoms with E-state index in [1.165, 1.54) is 0 Å². The van der Waals surface area contributed by atoms with Crippen LogP contribution >= 0.6 is 0 Å². The van der Waals surface area contributed by atoms with Crippen LogP contribution in [0.4, 0.5) is 4.48 Å². The second kappa shape index (κ2) is 2.69. The number of halogens is 1. The van der Waals surface area contributed by atoms with E-state index in [9.17, 15) is 4.48 Å². The van der Waals surface area contributed by atoms with Crippen molar-refractivity contribution in [1.82, 2.24) is 20.4 Å². The van der Waals surface area contributed by atoms with Crippen molar-refractivity contribution in [3.8, 4) is 11.4 Å². The molecule has 1 heterocycles. The average Bonchev–Trinajstić information content (AvgIpc) is 2.53. The number of tetrazole rings is 1. The normalized spacial score (nSPS) is 10.1. The van der Waals surface area contributed by atoms with Gasteiger partial charge < -0.3 is 0 Å². The Balaban J connectivity index is 2.51. The van der Waals surface area contributed by atoms with Crippen LogP contribution in [-0.4, -0.2) is 20.4 Å². The van der Waals surface area contributed by atoms with Gasteiger partial charge in [-0.3, -0.25) is 0 Å². The summed E-state index contributed by atoms with van der Waals surface area (Å²) in [6, 6.07) is 9.52. The van der Waals surface area contributed by atoms with E-state index in [0.717, 1.165) is 0 Å². The van der Waals surface area contributed by atoms with Crippen LogP contribution < -0.4 is 0 Å². The van der Waals surface area contributed by atoms with Gasteiger partial charge in [-0.2, -0.15) is 0 Å². The molecule has 1 aromatic heterocycles. The highest BCUT2D eigenvalue weighted by Gasteiger charge is 2.06. The predicted octanol–water partition coefficient (Wildman–Crippen LogP) is 0.873. The molecule has 0 unspecified atom stereocenters. The van der Waals surface area contributed by atoms with Crippen molar-refractivity contribution < 1.29 is 4.48 Å². The van der Waals surface area contributed by atoms with Crippen LogP contribution in [0.3, 0.4) is 0 Å². The van der Waals surface area contributed by atoms with Crippen molar-refractivity contribution in [2.24, 2.45) is 0 Å². The zero-order chi connectivity index (χ0) is 8.39. The summed E-state index contributed by atoms with van der Waals surface area (Å²) in [6.45, 7) is 0. The Morgan fingerprint density at radius 2 is 2.08 bits per heavy atom. The lowest BCUT2D eigenvalue weighted by atomic mass is 10.2. The molecule has 0 amide bonds. The van der Waals surface area contributed by atoms with E-state index in [1.54, 1.807) is 24.3 Å². The van der Waals surface area contributed by atoms with Crippen molar-refractivity contribution in [2.75, 3.05) is 0 Å². The highest BCUT2D eigenvalue weighted by atomic mass is 19.2. The summed E-state index contributed by atoms with van der Waals surface area (Å²) < 4.78 is 12.7. The first-order valence-corrected chi connectivity index (χ1v) is 3.29. The largest absolute Gasteiger partial charge is 0.216 e. The molecule has 0 aliphatic heterocycles. The van der Waals surface area contributed by atoms with E-state index in [0.29, 0.717) is 5.56 Å². The van der Waals surface area contributed by atoms with Gasteiger partial charge in [0.05, 0.1) is 0 Å². The third-order valence-electron chi connectivity index (χ3n) is 1.41. The van der Waals surface area contributed by atoms with Gasteiger partial charge in [0.2, 0.25) is 5.82 Å². The fraction of sp³-hybridized carbons (Fsp3) is 0. The van der Waals surface area contributed by atoms with E-state index < -0.39 is 0 Å². The molecule has 0 N–H and O–H groups in total. The van der Waals surface area contributed by atoms with Crippen LogP contribution in [0, 0.1) is 6.07 Å². The summed E-state index contributed by atoms with van der Waals surface area (Å²) in [4.78, 5) is 0.134. The maximum absolute atomic E-state index is 12.7. The molecule has 4 nitrogen and oxygen atoms in total. The minimum absolute atomic E-state index is 0.101. The monoisotopic (exact) mass is 163 g/mol. The molecule has 0 fully saturated rings. The zero-order valence-electron chi connectivity index (χ0n) is 5.98. The van der Waals surface area contributed by atoms with Gasteiger partial charge >= 0.3 is 0 Å². The van der Waals surface area contributed by atoms with E-state index in [-0.39, 0.29) is 10.7 Å². The second-order valence-corrected chi connectivity index (χ2v) is 2.15. The topological polar surface area (TPSA) is 43.6 Å². The molecule has 0 saturated carbocycles. The van der Waals surface area contributed by atoms with Crippen molar-refractivity contribution in [3.63, 3.8) is 0 Å². The number of hydrogen-bond donors (Lipinski definition) is 0. The summed E-state index contributed by atoms with van der Waals surface area (Å²) >= 11 is 0. The first kappa shape index (κ1) is 6.90. The molecule has 0 bridgehead atoms. The molecule has 2 aromatic rings. The number of nitrogens with zero attached hydrogens (tertiary/aromatic N) is 4. The molecular formula is C7H4FN4. The van der Waals surface area contributed by atoms with Gasteiger partial charge in [0.15, 0.2) is 0 Å².